The van der Waals surface area contributed by atoms with E-state index < -0.39 is 0 Å². The van der Waals surface area contributed by atoms with Crippen molar-refractivity contribution >= 4 is 27.5 Å². The van der Waals surface area contributed by atoms with Gasteiger partial charge < -0.3 is 5.11 Å². The highest BCUT2D eigenvalue weighted by Gasteiger charge is 2.14. The number of benzene rings is 1. The van der Waals surface area contributed by atoms with Gasteiger partial charge in [-0.2, -0.15) is 5.10 Å². The summed E-state index contributed by atoms with van der Waals surface area (Å²) in [5.41, 5.74) is 1.12. The summed E-state index contributed by atoms with van der Waals surface area (Å²) in [4.78, 5) is 8.50. The van der Waals surface area contributed by atoms with Crippen LogP contribution in [-0.4, -0.2) is 25.3 Å². The quantitative estimate of drug-likeness (QED) is 0.739. The van der Waals surface area contributed by atoms with Crippen molar-refractivity contribution in [3.63, 3.8) is 0 Å². The maximum atomic E-state index is 10.0. The van der Waals surface area contributed by atoms with Crippen LogP contribution in [0, 0.1) is 0 Å². The number of hydrogen-bond donors (Lipinski definition) is 2. The van der Waals surface area contributed by atoms with Crippen LogP contribution in [0.5, 0.6) is 5.75 Å². The Morgan fingerprint density at radius 3 is 2.85 bits per heavy atom. The Bertz CT molecular complexity index is 760. The third kappa shape index (κ3) is 2.39. The highest BCUT2D eigenvalue weighted by Crippen LogP contribution is 2.36. The molecule has 100 valence electrons. The Balaban J connectivity index is 2.07. The molecule has 0 aliphatic rings. The highest BCUT2D eigenvalue weighted by molar-refractivity contribution is 9.10. The fraction of sp³-hybridized carbons (Fsp3) is 0. The van der Waals surface area contributed by atoms with Crippen molar-refractivity contribution < 1.29 is 5.11 Å². The van der Waals surface area contributed by atoms with Crippen LogP contribution in [0.4, 0.5) is 0 Å². The van der Waals surface area contributed by atoms with E-state index in [-0.39, 0.29) is 5.75 Å². The zero-order chi connectivity index (χ0) is 14.1. The fourth-order valence-corrected chi connectivity index (χ4v) is 2.55. The minimum Gasteiger partial charge on any atom is -0.506 e. The van der Waals surface area contributed by atoms with Crippen LogP contribution in [0.15, 0.2) is 41.0 Å². The molecule has 2 N–H and O–H groups in total. The monoisotopic (exact) mass is 350 g/mol. The number of nitrogens with zero attached hydrogens (tertiary/aromatic N) is 3. The first-order valence-electron chi connectivity index (χ1n) is 5.67. The molecule has 5 nitrogen and oxygen atoms in total. The van der Waals surface area contributed by atoms with Crippen molar-refractivity contribution in [2.24, 2.45) is 0 Å². The van der Waals surface area contributed by atoms with Crippen molar-refractivity contribution in [1.82, 2.24) is 20.2 Å². The van der Waals surface area contributed by atoms with Gasteiger partial charge in [-0.05, 0) is 40.2 Å². The van der Waals surface area contributed by atoms with Crippen LogP contribution >= 0.6 is 27.5 Å². The van der Waals surface area contributed by atoms with E-state index in [1.54, 1.807) is 24.4 Å². The van der Waals surface area contributed by atoms with E-state index in [4.69, 9.17) is 11.6 Å². The predicted octanol–water partition coefficient (Wildman–Crippen LogP) is 3.66. The fourth-order valence-electron chi connectivity index (χ4n) is 1.74. The van der Waals surface area contributed by atoms with Crippen LogP contribution in [-0.2, 0) is 0 Å². The van der Waals surface area contributed by atoms with Gasteiger partial charge in [-0.3, -0.25) is 10.1 Å². The molecule has 2 heterocycles. The van der Waals surface area contributed by atoms with Crippen molar-refractivity contribution in [1.29, 1.82) is 0 Å². The van der Waals surface area contributed by atoms with Crippen LogP contribution in [0.3, 0.4) is 0 Å². The van der Waals surface area contributed by atoms with Crippen molar-refractivity contribution in [2.75, 3.05) is 0 Å². The molecule has 0 fully saturated rings. The molecule has 7 heteroatoms. The lowest BCUT2D eigenvalue weighted by Gasteiger charge is -2.03. The van der Waals surface area contributed by atoms with Gasteiger partial charge in [0.2, 0.25) is 0 Å². The average Bonchev–Trinajstić information content (AvgIpc) is 2.93. The Morgan fingerprint density at radius 2 is 2.10 bits per heavy atom. The number of H-pyrrole nitrogens is 1. The summed E-state index contributed by atoms with van der Waals surface area (Å²) in [5.74, 6) is 0.931. The second-order valence-electron chi connectivity index (χ2n) is 4.01. The van der Waals surface area contributed by atoms with Gasteiger partial charge in [0.15, 0.2) is 11.6 Å². The molecule has 1 aromatic carbocycles. The van der Waals surface area contributed by atoms with Crippen molar-refractivity contribution in [2.45, 2.75) is 0 Å². The number of halogens is 2. The zero-order valence-electron chi connectivity index (χ0n) is 10.0. The van der Waals surface area contributed by atoms with Crippen LogP contribution < -0.4 is 0 Å². The largest absolute Gasteiger partial charge is 0.506 e. The van der Waals surface area contributed by atoms with Crippen LogP contribution in [0.2, 0.25) is 5.02 Å². The molecule has 0 unspecified atom stereocenters. The molecule has 0 spiro atoms. The molecule has 0 atom stereocenters. The Labute approximate surface area is 127 Å². The number of phenolic OH excluding ortho intramolecular Hbond substituents is 1. The van der Waals surface area contributed by atoms with Crippen molar-refractivity contribution in [3.05, 3.63) is 46.0 Å². The highest BCUT2D eigenvalue weighted by atomic mass is 79.9. The molecule has 0 saturated heterocycles. The summed E-state index contributed by atoms with van der Waals surface area (Å²) < 4.78 is 0.496. The van der Waals surface area contributed by atoms with Crippen LogP contribution in [0.25, 0.3) is 22.9 Å². The number of aromatic hydroxyl groups is 1. The average molecular weight is 352 g/mol. The third-order valence-corrected chi connectivity index (χ3v) is 3.49. The number of nitrogens with one attached hydrogen (secondary N) is 1. The normalized spacial score (nSPS) is 10.7. The number of pyridine rings is 1. The van der Waals surface area contributed by atoms with Gasteiger partial charge in [0, 0.05) is 11.2 Å². The lowest BCUT2D eigenvalue weighted by molar-refractivity contribution is 0.473. The maximum absolute atomic E-state index is 10.0. The van der Waals surface area contributed by atoms with E-state index in [0.29, 0.717) is 32.4 Å². The SMILES string of the molecule is Oc1c(Br)cc(Cl)cc1-c1nc(-c2ccccn2)n[nH]1. The Kier molecular flexibility index (Phi) is 3.42. The molecular formula is C13H8BrClN4O. The van der Waals surface area contributed by atoms with E-state index in [1.165, 1.54) is 0 Å². The summed E-state index contributed by atoms with van der Waals surface area (Å²) in [5, 5.41) is 17.4. The van der Waals surface area contributed by atoms with Gasteiger partial charge in [0.1, 0.15) is 11.4 Å². The number of rotatable bonds is 2. The number of aromatic amines is 1. The number of phenols is 1. The standard InChI is InChI=1S/C13H8BrClN4O/c14-9-6-7(15)5-8(11(9)20)12-17-13(19-18-12)10-3-1-2-4-16-10/h1-6,20H,(H,17,18,19). The summed E-state index contributed by atoms with van der Waals surface area (Å²) in [6, 6.07) is 8.70. The molecule has 0 amide bonds. The number of hydrogen-bond acceptors (Lipinski definition) is 4. The topological polar surface area (TPSA) is 74.7 Å². The van der Waals surface area contributed by atoms with Gasteiger partial charge >= 0.3 is 0 Å². The second kappa shape index (κ2) is 5.22. The molecule has 3 rings (SSSR count). The predicted molar refractivity (Wildman–Crippen MR) is 79.4 cm³/mol. The minimum atomic E-state index is 0.0538. The van der Waals surface area contributed by atoms with E-state index in [0.717, 1.165) is 0 Å². The van der Waals surface area contributed by atoms with Gasteiger partial charge in [-0.1, -0.05) is 17.7 Å². The van der Waals surface area contributed by atoms with Crippen LogP contribution in [0.1, 0.15) is 0 Å². The van der Waals surface area contributed by atoms with Gasteiger partial charge in [-0.25, -0.2) is 4.98 Å². The Hall–Kier alpha value is -1.92. The Morgan fingerprint density at radius 1 is 1.25 bits per heavy atom. The summed E-state index contributed by atoms with van der Waals surface area (Å²) >= 11 is 9.22. The van der Waals surface area contributed by atoms with E-state index >= 15 is 0 Å². The second-order valence-corrected chi connectivity index (χ2v) is 5.30. The first kappa shape index (κ1) is 13.1. The van der Waals surface area contributed by atoms with E-state index in [1.807, 2.05) is 12.1 Å². The van der Waals surface area contributed by atoms with E-state index in [9.17, 15) is 5.11 Å². The molecule has 0 bridgehead atoms. The molecule has 20 heavy (non-hydrogen) atoms. The lowest BCUT2D eigenvalue weighted by Crippen LogP contribution is -1.85. The summed E-state index contributed by atoms with van der Waals surface area (Å²) in [6.07, 6.45) is 1.67. The summed E-state index contributed by atoms with van der Waals surface area (Å²) in [7, 11) is 0. The first-order chi connectivity index (χ1) is 9.65. The molecule has 0 aliphatic carbocycles. The van der Waals surface area contributed by atoms with Gasteiger partial charge in [0.25, 0.3) is 0 Å². The molecule has 2 aromatic heterocycles. The summed E-state index contributed by atoms with van der Waals surface area (Å²) in [6.45, 7) is 0. The number of aromatic nitrogens is 4. The molecular weight excluding hydrogens is 344 g/mol. The zero-order valence-corrected chi connectivity index (χ0v) is 12.4. The molecule has 3 aromatic rings. The van der Waals surface area contributed by atoms with Gasteiger partial charge in [-0.15, -0.1) is 0 Å². The van der Waals surface area contributed by atoms with E-state index in [2.05, 4.69) is 36.1 Å². The molecule has 0 aliphatic heterocycles. The van der Waals surface area contributed by atoms with Gasteiger partial charge in [0.05, 0.1) is 10.0 Å². The smallest absolute Gasteiger partial charge is 0.200 e. The third-order valence-electron chi connectivity index (χ3n) is 2.66. The maximum Gasteiger partial charge on any atom is 0.200 e. The first-order valence-corrected chi connectivity index (χ1v) is 6.84. The minimum absolute atomic E-state index is 0.0538. The van der Waals surface area contributed by atoms with Crippen molar-refractivity contribution in [3.8, 4) is 28.7 Å². The lowest BCUT2D eigenvalue weighted by atomic mass is 10.2. The molecule has 0 radical (unpaired) electrons. The molecule has 0 saturated carbocycles.